The summed E-state index contributed by atoms with van der Waals surface area (Å²) >= 11 is 0. The van der Waals surface area contributed by atoms with Crippen LogP contribution in [0.5, 0.6) is 0 Å². The minimum Gasteiger partial charge on any atom is -0.368 e. The lowest BCUT2D eigenvalue weighted by Gasteiger charge is -2.43. The Morgan fingerprint density at radius 1 is 1.18 bits per heavy atom. The number of primary amides is 1. The molecule has 0 bridgehead atoms. The topological polar surface area (TPSA) is 124 Å². The summed E-state index contributed by atoms with van der Waals surface area (Å²) in [6.45, 7) is 0.867. The van der Waals surface area contributed by atoms with Gasteiger partial charge in [0.1, 0.15) is 6.04 Å². The number of nitrogens with two attached hydrogens (primary N) is 1. The van der Waals surface area contributed by atoms with Crippen LogP contribution in [0.1, 0.15) is 30.4 Å². The number of hydrogen-bond donors (Lipinski definition) is 3. The molecule has 1 fully saturated rings. The summed E-state index contributed by atoms with van der Waals surface area (Å²) in [5.74, 6) is -0.635. The fourth-order valence-corrected chi connectivity index (χ4v) is 4.86. The van der Waals surface area contributed by atoms with E-state index in [0.29, 0.717) is 32.4 Å². The van der Waals surface area contributed by atoms with Crippen LogP contribution in [0.4, 0.5) is 10.5 Å². The molecule has 0 aliphatic carbocycles. The van der Waals surface area contributed by atoms with Crippen molar-refractivity contribution in [3.8, 4) is 0 Å². The highest BCUT2D eigenvalue weighted by Gasteiger charge is 2.39. The first-order valence-corrected chi connectivity index (χ1v) is 11.2. The Hall–Kier alpha value is -3.88. The van der Waals surface area contributed by atoms with Gasteiger partial charge in [-0.05, 0) is 48.6 Å². The summed E-state index contributed by atoms with van der Waals surface area (Å²) in [6, 6.07) is 12.5. The average Bonchev–Trinajstić information content (AvgIpc) is 3.29. The molecule has 9 heteroatoms. The predicted octanol–water partition coefficient (Wildman–Crippen LogP) is 2.39. The Morgan fingerprint density at radius 2 is 2.03 bits per heavy atom. The summed E-state index contributed by atoms with van der Waals surface area (Å²) in [5, 5.41) is 10.8. The molecular formula is C24H26N6O3. The number of H-pyrrole nitrogens is 1. The number of fused-ring (bicyclic) bond motifs is 2. The summed E-state index contributed by atoms with van der Waals surface area (Å²) in [6.07, 6.45) is 3.56. The van der Waals surface area contributed by atoms with E-state index < -0.39 is 11.9 Å². The zero-order valence-electron chi connectivity index (χ0n) is 18.2. The third kappa shape index (κ3) is 4.13. The maximum absolute atomic E-state index is 13.0. The van der Waals surface area contributed by atoms with Crippen LogP contribution in [0.2, 0.25) is 0 Å². The highest BCUT2D eigenvalue weighted by atomic mass is 16.2. The molecule has 2 aromatic carbocycles. The molecule has 33 heavy (non-hydrogen) atoms. The van der Waals surface area contributed by atoms with Gasteiger partial charge in [-0.15, -0.1) is 0 Å². The number of amides is 4. The van der Waals surface area contributed by atoms with Crippen LogP contribution in [0.15, 0.2) is 48.7 Å². The Morgan fingerprint density at radius 3 is 2.88 bits per heavy atom. The van der Waals surface area contributed by atoms with Gasteiger partial charge in [-0.25, -0.2) is 4.79 Å². The van der Waals surface area contributed by atoms with Crippen molar-refractivity contribution in [2.75, 3.05) is 11.9 Å². The molecule has 1 saturated heterocycles. The number of piperidine rings is 1. The van der Waals surface area contributed by atoms with E-state index in [1.165, 1.54) is 0 Å². The zero-order chi connectivity index (χ0) is 22.9. The second-order valence-corrected chi connectivity index (χ2v) is 8.69. The second kappa shape index (κ2) is 8.57. The molecule has 0 saturated carbocycles. The number of aryl methyl sites for hydroxylation is 1. The number of hydrogen-bond acceptors (Lipinski definition) is 4. The van der Waals surface area contributed by atoms with Crippen LogP contribution < -0.4 is 11.1 Å². The Labute approximate surface area is 190 Å². The summed E-state index contributed by atoms with van der Waals surface area (Å²) in [4.78, 5) is 41.3. The van der Waals surface area contributed by atoms with Crippen LogP contribution in [-0.2, 0) is 22.6 Å². The van der Waals surface area contributed by atoms with Crippen molar-refractivity contribution < 1.29 is 14.4 Å². The summed E-state index contributed by atoms with van der Waals surface area (Å²) < 4.78 is 0. The lowest BCUT2D eigenvalue weighted by molar-refractivity contribution is -0.142. The molecule has 2 aliphatic rings. The van der Waals surface area contributed by atoms with Crippen LogP contribution >= 0.6 is 0 Å². The van der Waals surface area contributed by atoms with E-state index in [-0.39, 0.29) is 24.4 Å². The predicted molar refractivity (Wildman–Crippen MR) is 123 cm³/mol. The van der Waals surface area contributed by atoms with Gasteiger partial charge in [0.15, 0.2) is 0 Å². The van der Waals surface area contributed by atoms with Crippen molar-refractivity contribution in [2.24, 2.45) is 5.73 Å². The third-order valence-electron chi connectivity index (χ3n) is 6.66. The number of anilines is 1. The SMILES string of the molecule is NC(=O)C1CC(N2Cc3ccccc3NC2=O)CCN1C(=O)CCc1ccc2[nH]ncc2c1. The first kappa shape index (κ1) is 21.0. The molecule has 2 atom stereocenters. The third-order valence-corrected chi connectivity index (χ3v) is 6.66. The van der Waals surface area contributed by atoms with Crippen molar-refractivity contribution in [3.05, 3.63) is 59.8 Å². The van der Waals surface area contributed by atoms with E-state index in [0.717, 1.165) is 27.7 Å². The highest BCUT2D eigenvalue weighted by molar-refractivity contribution is 5.93. The van der Waals surface area contributed by atoms with Gasteiger partial charge in [-0.1, -0.05) is 24.3 Å². The van der Waals surface area contributed by atoms with Gasteiger partial charge in [-0.2, -0.15) is 5.10 Å². The second-order valence-electron chi connectivity index (χ2n) is 8.69. The molecule has 0 radical (unpaired) electrons. The number of aromatic amines is 1. The molecule has 5 rings (SSSR count). The molecule has 170 valence electrons. The number of nitrogens with zero attached hydrogens (tertiary/aromatic N) is 3. The molecule has 4 N–H and O–H groups in total. The molecule has 2 aliphatic heterocycles. The van der Waals surface area contributed by atoms with Gasteiger partial charge in [0.2, 0.25) is 11.8 Å². The van der Waals surface area contributed by atoms with Crippen molar-refractivity contribution in [1.82, 2.24) is 20.0 Å². The molecule has 1 aromatic heterocycles. The Balaban J connectivity index is 1.25. The molecular weight excluding hydrogens is 420 g/mol. The number of urea groups is 1. The smallest absolute Gasteiger partial charge is 0.322 e. The lowest BCUT2D eigenvalue weighted by Crippen LogP contribution is -2.58. The minimum absolute atomic E-state index is 0.0991. The van der Waals surface area contributed by atoms with Gasteiger partial charge in [0.05, 0.1) is 11.7 Å². The van der Waals surface area contributed by atoms with Crippen molar-refractivity contribution in [3.63, 3.8) is 0 Å². The van der Waals surface area contributed by atoms with E-state index in [1.807, 2.05) is 42.5 Å². The number of nitrogens with one attached hydrogen (secondary N) is 2. The van der Waals surface area contributed by atoms with Crippen molar-refractivity contribution in [2.45, 2.75) is 44.3 Å². The lowest BCUT2D eigenvalue weighted by atomic mass is 9.93. The number of para-hydroxylation sites is 1. The van der Waals surface area contributed by atoms with E-state index in [2.05, 4.69) is 15.5 Å². The van der Waals surface area contributed by atoms with Gasteiger partial charge < -0.3 is 20.9 Å². The minimum atomic E-state index is -0.724. The first-order chi connectivity index (χ1) is 16.0. The maximum Gasteiger partial charge on any atom is 0.322 e. The highest BCUT2D eigenvalue weighted by Crippen LogP contribution is 2.30. The largest absolute Gasteiger partial charge is 0.368 e. The van der Waals surface area contributed by atoms with E-state index >= 15 is 0 Å². The average molecular weight is 447 g/mol. The van der Waals surface area contributed by atoms with E-state index in [9.17, 15) is 14.4 Å². The molecule has 9 nitrogen and oxygen atoms in total. The normalized spacial score (nSPS) is 20.4. The van der Waals surface area contributed by atoms with Gasteiger partial charge in [-0.3, -0.25) is 14.7 Å². The summed E-state index contributed by atoms with van der Waals surface area (Å²) in [7, 11) is 0. The fraction of sp³-hybridized carbons (Fsp3) is 0.333. The fourth-order valence-electron chi connectivity index (χ4n) is 4.86. The van der Waals surface area contributed by atoms with Crippen molar-refractivity contribution >= 4 is 34.4 Å². The van der Waals surface area contributed by atoms with Gasteiger partial charge in [0, 0.05) is 36.6 Å². The van der Waals surface area contributed by atoms with Crippen molar-refractivity contribution in [1.29, 1.82) is 0 Å². The van der Waals surface area contributed by atoms with Crippen LogP contribution in [0.3, 0.4) is 0 Å². The monoisotopic (exact) mass is 446 g/mol. The zero-order valence-corrected chi connectivity index (χ0v) is 18.2. The molecule has 2 unspecified atom stereocenters. The van der Waals surface area contributed by atoms with Gasteiger partial charge in [0.25, 0.3) is 0 Å². The number of benzene rings is 2. The first-order valence-electron chi connectivity index (χ1n) is 11.2. The quantitative estimate of drug-likeness (QED) is 0.556. The maximum atomic E-state index is 13.0. The molecule has 3 heterocycles. The molecule has 0 spiro atoms. The summed E-state index contributed by atoms with van der Waals surface area (Å²) in [5.41, 5.74) is 9.52. The number of likely N-dealkylation sites (tertiary alicyclic amines) is 1. The Kier molecular flexibility index (Phi) is 5.45. The standard InChI is InChI=1S/C24H26N6O3/c25-23(32)21-12-18(30-14-16-3-1-2-4-19(16)27-24(30)33)9-10-29(21)22(31)8-6-15-5-7-20-17(11-15)13-26-28-20/h1-5,7,11,13,18,21H,6,8-10,12,14H2,(H2,25,32)(H,26,28)(H,27,33). The van der Waals surface area contributed by atoms with E-state index in [1.54, 1.807) is 16.0 Å². The Bertz CT molecular complexity index is 1220. The number of rotatable bonds is 5. The number of carbonyl (C=O) groups is 3. The van der Waals surface area contributed by atoms with Crippen LogP contribution in [0, 0.1) is 0 Å². The van der Waals surface area contributed by atoms with Crippen LogP contribution in [-0.4, -0.2) is 56.5 Å². The van der Waals surface area contributed by atoms with E-state index in [4.69, 9.17) is 5.73 Å². The number of aromatic nitrogens is 2. The number of carbonyl (C=O) groups excluding carboxylic acids is 3. The van der Waals surface area contributed by atoms with Crippen LogP contribution in [0.25, 0.3) is 10.9 Å². The molecule has 3 aromatic rings. The molecule has 4 amide bonds. The van der Waals surface area contributed by atoms with Gasteiger partial charge >= 0.3 is 6.03 Å².